The molecule has 0 fully saturated rings. The van der Waals surface area contributed by atoms with Crippen LogP contribution in [0.15, 0.2) is 48.0 Å². The molecule has 26 heavy (non-hydrogen) atoms. The van der Waals surface area contributed by atoms with Gasteiger partial charge in [0.1, 0.15) is 17.1 Å². The number of ether oxygens (including phenoxy) is 1. The molecule has 0 unspecified atom stereocenters. The maximum absolute atomic E-state index is 6.14. The first kappa shape index (κ1) is 18.7. The van der Waals surface area contributed by atoms with E-state index in [1.807, 2.05) is 59.3 Å². The number of hydrogen-bond donors (Lipinski definition) is 1. The highest BCUT2D eigenvalue weighted by atomic mass is 79.9. The smallest absolute Gasteiger partial charge is 0.187 e. The molecule has 0 atom stereocenters. The first-order valence-corrected chi connectivity index (χ1v) is 8.91. The van der Waals surface area contributed by atoms with Crippen LogP contribution in [0.2, 0.25) is 5.02 Å². The number of halogens is 2. The predicted octanol–water partition coefficient (Wildman–Crippen LogP) is 5.75. The Morgan fingerprint density at radius 2 is 2.04 bits per heavy atom. The van der Waals surface area contributed by atoms with Gasteiger partial charge in [0.2, 0.25) is 0 Å². The summed E-state index contributed by atoms with van der Waals surface area (Å²) in [6.45, 7) is 1.98. The summed E-state index contributed by atoms with van der Waals surface area (Å²) >= 11 is 7.68. The maximum Gasteiger partial charge on any atom is 0.187 e. The number of nitrogens with one attached hydrogen (secondary N) is 1. The summed E-state index contributed by atoms with van der Waals surface area (Å²) < 4.78 is 7.22. The molecule has 1 N–H and O–H groups in total. The highest BCUT2D eigenvalue weighted by molar-refractivity contribution is 8.93. The van der Waals surface area contributed by atoms with Gasteiger partial charge in [-0.2, -0.15) is 0 Å². The van der Waals surface area contributed by atoms with Crippen LogP contribution in [-0.4, -0.2) is 21.5 Å². The molecule has 0 bridgehead atoms. The molecule has 0 radical (unpaired) electrons. The summed E-state index contributed by atoms with van der Waals surface area (Å²) in [7, 11) is 1.65. The Bertz CT molecular complexity index is 1060. The number of methoxy groups -OCH3 is 1. The van der Waals surface area contributed by atoms with Gasteiger partial charge < -0.3 is 10.1 Å². The van der Waals surface area contributed by atoms with E-state index < -0.39 is 0 Å². The lowest BCUT2D eigenvalue weighted by molar-refractivity contribution is 0.415. The molecular weight excluding hydrogens is 436 g/mol. The highest BCUT2D eigenvalue weighted by Gasteiger charge is 2.14. The zero-order valence-corrected chi connectivity index (χ0v) is 17.3. The number of anilines is 2. The number of aryl methyl sites for hydroxylation is 1. The van der Waals surface area contributed by atoms with Crippen molar-refractivity contribution < 1.29 is 4.74 Å². The molecule has 8 heteroatoms. The zero-order valence-electron chi connectivity index (χ0n) is 14.1. The van der Waals surface area contributed by atoms with Crippen LogP contribution >= 0.6 is 39.9 Å². The fourth-order valence-electron chi connectivity index (χ4n) is 2.71. The van der Waals surface area contributed by atoms with Crippen LogP contribution in [-0.2, 0) is 0 Å². The van der Waals surface area contributed by atoms with E-state index in [4.69, 9.17) is 21.3 Å². The number of thiazole rings is 1. The third-order valence-corrected chi connectivity index (χ3v) is 4.81. The number of hydrogen-bond acceptors (Lipinski definition) is 5. The second-order valence-corrected chi connectivity index (χ2v) is 6.81. The molecule has 0 saturated carbocycles. The van der Waals surface area contributed by atoms with Crippen molar-refractivity contribution in [2.24, 2.45) is 0 Å². The van der Waals surface area contributed by atoms with Gasteiger partial charge in [0, 0.05) is 23.3 Å². The van der Waals surface area contributed by atoms with Gasteiger partial charge in [-0.25, -0.2) is 9.97 Å². The summed E-state index contributed by atoms with van der Waals surface area (Å²) in [5.74, 6) is 0.800. The third kappa shape index (κ3) is 3.56. The van der Waals surface area contributed by atoms with Crippen LogP contribution in [0, 0.1) is 6.92 Å². The average molecular weight is 452 g/mol. The predicted molar refractivity (Wildman–Crippen MR) is 113 cm³/mol. The number of nitrogens with zero attached hydrogens (tertiary/aromatic N) is 3. The molecule has 0 saturated heterocycles. The minimum atomic E-state index is 0. The molecule has 0 aliphatic carbocycles. The third-order valence-electron chi connectivity index (χ3n) is 3.82. The van der Waals surface area contributed by atoms with E-state index in [-0.39, 0.29) is 17.0 Å². The first-order valence-electron chi connectivity index (χ1n) is 7.65. The van der Waals surface area contributed by atoms with E-state index in [1.165, 1.54) is 0 Å². The van der Waals surface area contributed by atoms with E-state index in [1.54, 1.807) is 18.4 Å². The quantitative estimate of drug-likeness (QED) is 0.429. The Morgan fingerprint density at radius 1 is 1.19 bits per heavy atom. The van der Waals surface area contributed by atoms with Crippen molar-refractivity contribution in [1.82, 2.24) is 14.4 Å². The van der Waals surface area contributed by atoms with Crippen LogP contribution in [0.25, 0.3) is 17.0 Å². The summed E-state index contributed by atoms with van der Waals surface area (Å²) in [5, 5.41) is 6.79. The van der Waals surface area contributed by atoms with Crippen molar-refractivity contribution in [3.8, 4) is 17.1 Å². The summed E-state index contributed by atoms with van der Waals surface area (Å²) in [6.07, 6.45) is 1.86. The molecule has 1 aromatic carbocycles. The molecular formula is C18H16BrClN4OS. The number of fused-ring (bicyclic) bond motifs is 1. The lowest BCUT2D eigenvalue weighted by Gasteiger charge is -2.05. The van der Waals surface area contributed by atoms with E-state index in [0.29, 0.717) is 5.02 Å². The second-order valence-electron chi connectivity index (χ2n) is 5.52. The molecule has 3 aromatic heterocycles. The monoisotopic (exact) mass is 450 g/mol. The maximum atomic E-state index is 6.14. The number of rotatable bonds is 4. The van der Waals surface area contributed by atoms with Crippen LogP contribution in [0.5, 0.6) is 5.75 Å². The molecule has 4 aromatic rings. The van der Waals surface area contributed by atoms with Gasteiger partial charge in [0.25, 0.3) is 0 Å². The summed E-state index contributed by atoms with van der Waals surface area (Å²) in [6, 6.07) is 11.5. The average Bonchev–Trinajstić information content (AvgIpc) is 3.18. The topological polar surface area (TPSA) is 51.5 Å². The summed E-state index contributed by atoms with van der Waals surface area (Å²) in [4.78, 5) is 9.29. The Labute approximate surface area is 170 Å². The lowest BCUT2D eigenvalue weighted by atomic mass is 10.3. The Kier molecular flexibility index (Phi) is 5.50. The second kappa shape index (κ2) is 7.65. The Balaban J connectivity index is 0.00000196. The van der Waals surface area contributed by atoms with Crippen molar-refractivity contribution in [3.63, 3.8) is 0 Å². The SMILES string of the molecule is Br.COc1cccc(Nc2nc(-c3c(C)nc4ccc(Cl)cn34)cs2)c1. The molecule has 3 heterocycles. The van der Waals surface area contributed by atoms with Crippen molar-refractivity contribution in [1.29, 1.82) is 0 Å². The largest absolute Gasteiger partial charge is 0.497 e. The van der Waals surface area contributed by atoms with Gasteiger partial charge in [-0.05, 0) is 31.2 Å². The van der Waals surface area contributed by atoms with Gasteiger partial charge in [0.05, 0.1) is 23.5 Å². The molecule has 134 valence electrons. The number of pyridine rings is 1. The van der Waals surface area contributed by atoms with Crippen LogP contribution < -0.4 is 10.1 Å². The van der Waals surface area contributed by atoms with Gasteiger partial charge in [-0.1, -0.05) is 17.7 Å². The van der Waals surface area contributed by atoms with Crippen LogP contribution in [0.4, 0.5) is 10.8 Å². The van der Waals surface area contributed by atoms with Crippen molar-refractivity contribution in [2.75, 3.05) is 12.4 Å². The minimum Gasteiger partial charge on any atom is -0.497 e. The standard InChI is InChI=1S/C18H15ClN4OS.BrH/c1-11-17(23-9-12(19)6-7-16(23)20-11)15-10-25-18(22-15)21-13-4-3-5-14(8-13)24-2;/h3-10H,1-2H3,(H,21,22);1H. The Hall–Kier alpha value is -2.09. The normalized spacial score (nSPS) is 10.6. The van der Waals surface area contributed by atoms with Crippen LogP contribution in [0.3, 0.4) is 0 Å². The molecule has 5 nitrogen and oxygen atoms in total. The number of benzene rings is 1. The lowest BCUT2D eigenvalue weighted by Crippen LogP contribution is -1.92. The fraction of sp³-hybridized carbons (Fsp3) is 0.111. The Morgan fingerprint density at radius 3 is 2.85 bits per heavy atom. The molecule has 0 amide bonds. The fourth-order valence-corrected chi connectivity index (χ4v) is 3.59. The zero-order chi connectivity index (χ0) is 17.4. The number of aromatic nitrogens is 3. The molecule has 0 aliphatic rings. The van der Waals surface area contributed by atoms with Gasteiger partial charge in [-0.3, -0.25) is 4.40 Å². The van der Waals surface area contributed by atoms with E-state index >= 15 is 0 Å². The molecule has 0 spiro atoms. The van der Waals surface area contributed by atoms with Crippen molar-refractivity contribution in [2.45, 2.75) is 6.92 Å². The van der Waals surface area contributed by atoms with Crippen molar-refractivity contribution in [3.05, 3.63) is 58.7 Å². The van der Waals surface area contributed by atoms with Crippen LogP contribution in [0.1, 0.15) is 5.69 Å². The minimum absolute atomic E-state index is 0. The van der Waals surface area contributed by atoms with Gasteiger partial charge >= 0.3 is 0 Å². The number of imidazole rings is 1. The van der Waals surface area contributed by atoms with E-state index in [2.05, 4.69) is 10.3 Å². The summed E-state index contributed by atoms with van der Waals surface area (Å²) in [5.41, 5.74) is 4.51. The van der Waals surface area contributed by atoms with Gasteiger partial charge in [0.15, 0.2) is 5.13 Å². The molecule has 0 aliphatic heterocycles. The van der Waals surface area contributed by atoms with Crippen molar-refractivity contribution >= 4 is 56.4 Å². The highest BCUT2D eigenvalue weighted by Crippen LogP contribution is 2.31. The first-order chi connectivity index (χ1) is 12.1. The van der Waals surface area contributed by atoms with Gasteiger partial charge in [-0.15, -0.1) is 28.3 Å². The molecule has 4 rings (SSSR count). The van der Waals surface area contributed by atoms with E-state index in [0.717, 1.165) is 39.3 Å². The van der Waals surface area contributed by atoms with E-state index in [9.17, 15) is 0 Å².